The van der Waals surface area contributed by atoms with Gasteiger partial charge >= 0.3 is 0 Å². The predicted octanol–water partition coefficient (Wildman–Crippen LogP) is 5.97. The van der Waals surface area contributed by atoms with Gasteiger partial charge in [-0.25, -0.2) is 0 Å². The van der Waals surface area contributed by atoms with Crippen LogP contribution in [0.3, 0.4) is 0 Å². The molecule has 3 aromatic carbocycles. The molecule has 34 heavy (non-hydrogen) atoms. The van der Waals surface area contributed by atoms with Crippen molar-refractivity contribution < 1.29 is 14.9 Å². The molecule has 3 aromatic rings. The smallest absolute Gasteiger partial charge is 0.119 e. The lowest BCUT2D eigenvalue weighted by Gasteiger charge is -2.26. The monoisotopic (exact) mass is 453 g/mol. The van der Waals surface area contributed by atoms with Crippen molar-refractivity contribution in [2.45, 2.75) is 38.0 Å². The van der Waals surface area contributed by atoms with Crippen LogP contribution in [-0.4, -0.2) is 41.4 Å². The second kappa shape index (κ2) is 8.84. The number of phenols is 2. The Kier molecular flexibility index (Phi) is 5.54. The number of hydrogen-bond donors (Lipinski definition) is 2. The molecule has 1 fully saturated rings. The van der Waals surface area contributed by atoms with Crippen LogP contribution in [0.2, 0.25) is 0 Å². The number of aryl methyl sites for hydroxylation is 1. The maximum absolute atomic E-state index is 10.2. The van der Waals surface area contributed by atoms with Crippen LogP contribution < -0.4 is 4.74 Å². The first-order chi connectivity index (χ1) is 16.7. The molecule has 0 amide bonds. The Morgan fingerprint density at radius 3 is 2.38 bits per heavy atom. The van der Waals surface area contributed by atoms with E-state index >= 15 is 0 Å². The van der Waals surface area contributed by atoms with Gasteiger partial charge in [-0.1, -0.05) is 30.7 Å². The highest BCUT2D eigenvalue weighted by Crippen LogP contribution is 2.55. The fraction of sp³-hybridized carbons (Fsp3) is 0.333. The molecular weight excluding hydrogens is 422 g/mol. The first-order valence-corrected chi connectivity index (χ1v) is 12.5. The van der Waals surface area contributed by atoms with Gasteiger partial charge in [-0.15, -0.1) is 0 Å². The minimum absolute atomic E-state index is 0.108. The molecule has 2 aliphatic carbocycles. The van der Waals surface area contributed by atoms with Crippen molar-refractivity contribution >= 4 is 11.1 Å². The number of allylic oxidation sites excluding steroid dienone is 2. The van der Waals surface area contributed by atoms with Gasteiger partial charge in [0.1, 0.15) is 23.9 Å². The van der Waals surface area contributed by atoms with Gasteiger partial charge in [0.25, 0.3) is 0 Å². The van der Waals surface area contributed by atoms with E-state index in [0.717, 1.165) is 37.3 Å². The Balaban J connectivity index is 1.29. The summed E-state index contributed by atoms with van der Waals surface area (Å²) >= 11 is 0. The summed E-state index contributed by atoms with van der Waals surface area (Å²) in [5.41, 5.74) is 8.64. The highest BCUT2D eigenvalue weighted by Gasteiger charge is 2.36. The first kappa shape index (κ1) is 21.3. The summed E-state index contributed by atoms with van der Waals surface area (Å²) < 4.78 is 6.07. The van der Waals surface area contributed by atoms with Crippen LogP contribution in [0.25, 0.3) is 11.1 Å². The molecule has 1 saturated heterocycles. The van der Waals surface area contributed by atoms with Crippen molar-refractivity contribution in [1.29, 1.82) is 0 Å². The third-order valence-electron chi connectivity index (χ3n) is 7.65. The van der Waals surface area contributed by atoms with Crippen LogP contribution in [0.4, 0.5) is 0 Å². The molecule has 4 heteroatoms. The van der Waals surface area contributed by atoms with Gasteiger partial charge in [0.15, 0.2) is 0 Å². The Morgan fingerprint density at radius 2 is 1.56 bits per heavy atom. The summed E-state index contributed by atoms with van der Waals surface area (Å²) in [7, 11) is 0. The number of nitrogens with zero attached hydrogens (tertiary/aromatic N) is 1. The van der Waals surface area contributed by atoms with Crippen molar-refractivity contribution in [3.8, 4) is 17.2 Å². The van der Waals surface area contributed by atoms with E-state index in [-0.39, 0.29) is 5.92 Å². The van der Waals surface area contributed by atoms with E-state index in [1.165, 1.54) is 65.8 Å². The normalized spacial score (nSPS) is 19.5. The van der Waals surface area contributed by atoms with Crippen LogP contribution in [0, 0.1) is 0 Å². The summed E-state index contributed by atoms with van der Waals surface area (Å²) in [4.78, 5) is 2.50. The predicted molar refractivity (Wildman–Crippen MR) is 135 cm³/mol. The summed E-state index contributed by atoms with van der Waals surface area (Å²) in [5, 5.41) is 20.3. The third-order valence-corrected chi connectivity index (χ3v) is 7.65. The number of likely N-dealkylation sites (tertiary alicyclic amines) is 1. The molecule has 0 saturated carbocycles. The van der Waals surface area contributed by atoms with Gasteiger partial charge in [-0.2, -0.15) is 0 Å². The zero-order valence-electron chi connectivity index (χ0n) is 19.5. The van der Waals surface area contributed by atoms with Crippen molar-refractivity contribution in [3.63, 3.8) is 0 Å². The van der Waals surface area contributed by atoms with Gasteiger partial charge in [0.2, 0.25) is 0 Å². The van der Waals surface area contributed by atoms with Gasteiger partial charge in [-0.05, 0) is 114 Å². The Hall–Kier alpha value is -3.24. The number of fused-ring (bicyclic) bond motifs is 4. The molecule has 2 N–H and O–H groups in total. The molecule has 4 nitrogen and oxygen atoms in total. The molecule has 174 valence electrons. The summed E-state index contributed by atoms with van der Waals surface area (Å²) in [6.45, 7) is 4.09. The zero-order valence-corrected chi connectivity index (χ0v) is 19.5. The van der Waals surface area contributed by atoms with Crippen molar-refractivity contribution in [1.82, 2.24) is 4.90 Å². The highest BCUT2D eigenvalue weighted by molar-refractivity contribution is 6.03. The van der Waals surface area contributed by atoms with Gasteiger partial charge < -0.3 is 14.9 Å². The molecule has 1 aliphatic heterocycles. The largest absolute Gasteiger partial charge is 0.508 e. The Bertz CT molecular complexity index is 1240. The van der Waals surface area contributed by atoms with Crippen LogP contribution in [-0.2, 0) is 6.42 Å². The van der Waals surface area contributed by atoms with Crippen molar-refractivity contribution in [2.24, 2.45) is 0 Å². The lowest BCUT2D eigenvalue weighted by molar-refractivity contribution is 0.183. The Morgan fingerprint density at radius 1 is 0.794 bits per heavy atom. The van der Waals surface area contributed by atoms with Crippen LogP contribution >= 0.6 is 0 Å². The average molecular weight is 454 g/mol. The fourth-order valence-electron chi connectivity index (χ4n) is 6.01. The minimum Gasteiger partial charge on any atom is -0.508 e. The van der Waals surface area contributed by atoms with Crippen molar-refractivity contribution in [3.05, 3.63) is 88.5 Å². The number of aromatic hydroxyl groups is 2. The Labute approximate surface area is 201 Å². The second-order valence-corrected chi connectivity index (χ2v) is 9.76. The molecule has 6 rings (SSSR count). The third kappa shape index (κ3) is 3.86. The molecule has 0 bridgehead atoms. The van der Waals surface area contributed by atoms with Crippen LogP contribution in [0.15, 0.2) is 60.7 Å². The molecule has 1 heterocycles. The number of rotatable bonds is 5. The standard InChI is InChI=1S/C30H31NO3/c32-22-7-12-25-21(18-22)6-11-27-28-19-23(33)8-13-26(28)29(30(25)27)20-4-9-24(10-5-20)34-17-16-31-14-2-1-3-15-31/h4-5,7-10,12-13,18-19,29,32-33H,1-3,6,11,14-17H2. The van der Waals surface area contributed by atoms with E-state index < -0.39 is 0 Å². The highest BCUT2D eigenvalue weighted by atomic mass is 16.5. The molecule has 0 spiro atoms. The van der Waals surface area contributed by atoms with E-state index in [0.29, 0.717) is 11.5 Å². The summed E-state index contributed by atoms with van der Waals surface area (Å²) in [6.07, 6.45) is 5.77. The average Bonchev–Trinajstić information content (AvgIpc) is 3.19. The molecule has 0 radical (unpaired) electrons. The van der Waals surface area contributed by atoms with E-state index in [1.807, 2.05) is 12.1 Å². The topological polar surface area (TPSA) is 52.9 Å². The molecule has 1 unspecified atom stereocenters. The maximum atomic E-state index is 10.2. The number of piperidine rings is 1. The second-order valence-electron chi connectivity index (χ2n) is 9.76. The van der Waals surface area contributed by atoms with E-state index in [1.54, 1.807) is 12.1 Å². The summed E-state index contributed by atoms with van der Waals surface area (Å²) in [5.74, 6) is 1.64. The molecule has 0 aromatic heterocycles. The number of ether oxygens (including phenoxy) is 1. The van der Waals surface area contributed by atoms with Crippen molar-refractivity contribution in [2.75, 3.05) is 26.2 Å². The van der Waals surface area contributed by atoms with E-state index in [9.17, 15) is 10.2 Å². The number of phenolic OH excluding ortho intramolecular Hbond substituents is 2. The SMILES string of the molecule is Oc1ccc2c(c1)CCC1=C2C(c2ccc(OCCN3CCCCC3)cc2)c2ccc(O)cc21. The lowest BCUT2D eigenvalue weighted by Crippen LogP contribution is -2.33. The number of hydrogen-bond acceptors (Lipinski definition) is 4. The van der Waals surface area contributed by atoms with Crippen LogP contribution in [0.1, 0.15) is 59.4 Å². The minimum atomic E-state index is 0.108. The van der Waals surface area contributed by atoms with Gasteiger partial charge in [-0.3, -0.25) is 4.90 Å². The maximum Gasteiger partial charge on any atom is 0.119 e. The van der Waals surface area contributed by atoms with E-state index in [4.69, 9.17) is 4.74 Å². The van der Waals surface area contributed by atoms with Gasteiger partial charge in [0.05, 0.1) is 0 Å². The summed E-state index contributed by atoms with van der Waals surface area (Å²) in [6, 6.07) is 20.0. The number of benzene rings is 3. The van der Waals surface area contributed by atoms with E-state index in [2.05, 4.69) is 41.3 Å². The molecule has 1 atom stereocenters. The lowest BCUT2D eigenvalue weighted by atomic mass is 9.80. The molecular formula is C30H31NO3. The molecule has 3 aliphatic rings. The van der Waals surface area contributed by atoms with Gasteiger partial charge in [0, 0.05) is 12.5 Å². The quantitative estimate of drug-likeness (QED) is 0.500. The van der Waals surface area contributed by atoms with Crippen LogP contribution in [0.5, 0.6) is 17.2 Å². The zero-order chi connectivity index (χ0) is 23.1. The first-order valence-electron chi connectivity index (χ1n) is 12.5. The fourth-order valence-corrected chi connectivity index (χ4v) is 6.01.